The van der Waals surface area contributed by atoms with Gasteiger partial charge in [0.25, 0.3) is 17.7 Å². The number of fused-ring (bicyclic) bond motifs is 1. The van der Waals surface area contributed by atoms with Crippen LogP contribution in [-0.2, 0) is 14.4 Å². The number of hydrogen-bond donors (Lipinski definition) is 4. The van der Waals surface area contributed by atoms with Gasteiger partial charge in [0.2, 0.25) is 17.7 Å². The molecular weight excluding hydrogens is 892 g/mol. The number of thiazole rings is 1. The summed E-state index contributed by atoms with van der Waals surface area (Å²) in [5.74, 6) is -1.98. The molecule has 0 unspecified atom stereocenters. The Morgan fingerprint density at radius 3 is 2.15 bits per heavy atom. The highest BCUT2D eigenvalue weighted by molar-refractivity contribution is 7.17. The van der Waals surface area contributed by atoms with Crippen LogP contribution in [0.1, 0.15) is 142 Å². The molecule has 6 amide bonds. The Morgan fingerprint density at radius 2 is 1.48 bits per heavy atom. The number of carbonyl (C=O) groups excluding carboxylic acids is 6. The number of amides is 6. The second-order valence-electron chi connectivity index (χ2n) is 15.5. The third-order valence-electron chi connectivity index (χ3n) is 10.7. The van der Waals surface area contributed by atoms with E-state index in [2.05, 4.69) is 52.8 Å². The Kier molecular flexibility index (Phi) is 24.9. The fourth-order valence-electron chi connectivity index (χ4n) is 7.18. The molecule has 3 aromatic rings. The molecule has 0 aliphatic carbocycles. The second kappa shape index (κ2) is 29.9. The van der Waals surface area contributed by atoms with Crippen LogP contribution in [0, 0.1) is 6.92 Å². The quantitative estimate of drug-likeness (QED) is 0.0326. The van der Waals surface area contributed by atoms with Gasteiger partial charge in [0, 0.05) is 45.6 Å². The first kappa shape index (κ1) is 55.7. The third-order valence-corrected chi connectivity index (χ3v) is 11.9. The lowest BCUT2D eigenvalue weighted by Crippen LogP contribution is -2.46. The van der Waals surface area contributed by atoms with Crippen molar-refractivity contribution in [3.8, 4) is 0 Å². The number of piperazine rings is 1. The van der Waals surface area contributed by atoms with E-state index in [9.17, 15) is 28.8 Å². The average Bonchev–Trinajstić information content (AvgIpc) is 3.89. The minimum atomic E-state index is -0.739. The number of anilines is 3. The number of para-hydroxylation sites is 1. The van der Waals surface area contributed by atoms with Gasteiger partial charge in [-0.25, -0.2) is 15.0 Å². The molecule has 1 saturated heterocycles. The van der Waals surface area contributed by atoms with E-state index in [0.717, 1.165) is 81.7 Å². The van der Waals surface area contributed by atoms with Crippen molar-refractivity contribution in [1.29, 1.82) is 0 Å². The van der Waals surface area contributed by atoms with Gasteiger partial charge < -0.3 is 20.9 Å². The molecule has 5 rings (SSSR count). The number of aromatic nitrogens is 1. The standard InChI is InChI=1S/C45H57ClN10O6S.2C2H6/c1-5-15-37(57)52-39(59)29-56-43(61)32-17-14-19-34(40(32)44(56)62)50-38(58)20-11-9-7-6-8-10-12-22-54-24-26-55(27-25-54)23-21-36(49-31(3)47-4)51-45-48-28-35(63-45)42(60)53-41-30(2)16-13-18-33(41)46;2*1-2/h13-14,16-19,21,28H,4-12,15,20,22-27,29H2,1-3H3,(H,48,51)(H,50,58)(H,53,60)(H,52,57,59);2*1-2H3/b36-21+,49-31-;;. The summed E-state index contributed by atoms with van der Waals surface area (Å²) in [6.07, 6.45) is 11.7. The van der Waals surface area contributed by atoms with Crippen LogP contribution in [0.2, 0.25) is 5.02 Å². The Bertz CT molecular complexity index is 2200. The summed E-state index contributed by atoms with van der Waals surface area (Å²) < 4.78 is 0. The largest absolute Gasteiger partial charge is 0.325 e. The fourth-order valence-corrected chi connectivity index (χ4v) is 8.17. The Balaban J connectivity index is 0.00000289. The van der Waals surface area contributed by atoms with Gasteiger partial charge in [0.15, 0.2) is 5.13 Å². The second-order valence-corrected chi connectivity index (χ2v) is 16.9. The summed E-state index contributed by atoms with van der Waals surface area (Å²) >= 11 is 7.52. The molecule has 4 N–H and O–H groups in total. The van der Waals surface area contributed by atoms with Crippen LogP contribution in [0.3, 0.4) is 0 Å². The number of rotatable bonds is 22. The number of unbranched alkanes of at least 4 members (excludes halogenated alkanes) is 6. The molecule has 1 aromatic heterocycles. The van der Waals surface area contributed by atoms with Crippen LogP contribution in [0.4, 0.5) is 16.5 Å². The van der Waals surface area contributed by atoms with Crippen molar-refractivity contribution in [1.82, 2.24) is 25.0 Å². The number of hydrogen-bond acceptors (Lipinski definition) is 12. The highest BCUT2D eigenvalue weighted by Crippen LogP contribution is 2.30. The van der Waals surface area contributed by atoms with E-state index in [1.807, 2.05) is 52.8 Å². The number of aryl methyl sites for hydroxylation is 1. The summed E-state index contributed by atoms with van der Waals surface area (Å²) in [6, 6.07) is 10.1. The lowest BCUT2D eigenvalue weighted by molar-refractivity contribution is -0.130. The van der Waals surface area contributed by atoms with Gasteiger partial charge in [-0.05, 0) is 76.2 Å². The number of imide groups is 2. The van der Waals surface area contributed by atoms with E-state index < -0.39 is 30.2 Å². The van der Waals surface area contributed by atoms with Crippen LogP contribution >= 0.6 is 22.9 Å². The van der Waals surface area contributed by atoms with Gasteiger partial charge in [-0.15, -0.1) is 0 Å². The molecule has 0 saturated carbocycles. The summed E-state index contributed by atoms with van der Waals surface area (Å²) in [6.45, 7) is 22.0. The Labute approximate surface area is 405 Å². The first-order valence-corrected chi connectivity index (χ1v) is 24.6. The molecule has 18 heteroatoms. The first-order chi connectivity index (χ1) is 32.4. The molecule has 16 nitrogen and oxygen atoms in total. The van der Waals surface area contributed by atoms with Crippen molar-refractivity contribution in [3.05, 3.63) is 81.1 Å². The molecule has 0 radical (unpaired) electrons. The number of nitrogens with one attached hydrogen (secondary N) is 4. The zero-order chi connectivity index (χ0) is 49.3. The van der Waals surface area contributed by atoms with Crippen LogP contribution in [0.15, 0.2) is 64.5 Å². The SMILES string of the molecule is C=N/C(C)=N\C(=C/CN1CCN(CCCCCCCCCC(=O)Nc2cccc3c2C(=O)N(CC(=O)NC(=O)CCC)C3=O)CC1)Nc1ncc(C(=O)Nc2c(C)cccc2Cl)s1.CC.CC. The van der Waals surface area contributed by atoms with Crippen molar-refractivity contribution in [2.75, 3.05) is 61.8 Å². The van der Waals surface area contributed by atoms with E-state index in [0.29, 0.717) is 51.8 Å². The number of carbonyl (C=O) groups is 6. The number of amidine groups is 1. The highest BCUT2D eigenvalue weighted by atomic mass is 35.5. The van der Waals surface area contributed by atoms with E-state index in [-0.39, 0.29) is 41.5 Å². The summed E-state index contributed by atoms with van der Waals surface area (Å²) in [5, 5.41) is 12.1. The van der Waals surface area contributed by atoms with Gasteiger partial charge in [-0.1, -0.05) is 108 Å². The van der Waals surface area contributed by atoms with Crippen LogP contribution in [-0.4, -0.2) is 113 Å². The Hall–Kier alpha value is -5.62. The van der Waals surface area contributed by atoms with Gasteiger partial charge in [0.05, 0.1) is 33.7 Å². The molecule has 364 valence electrons. The highest BCUT2D eigenvalue weighted by Gasteiger charge is 2.39. The molecule has 0 bridgehead atoms. The molecule has 1 fully saturated rings. The number of halogens is 1. The van der Waals surface area contributed by atoms with Crippen molar-refractivity contribution >= 4 is 87.4 Å². The van der Waals surface area contributed by atoms with Crippen molar-refractivity contribution in [3.63, 3.8) is 0 Å². The predicted octanol–water partition coefficient (Wildman–Crippen LogP) is 9.20. The number of aliphatic imine (C=N–C) groups is 2. The fraction of sp³-hybridized carbons (Fsp3) is 0.490. The number of benzene rings is 2. The van der Waals surface area contributed by atoms with Crippen molar-refractivity contribution in [2.45, 2.75) is 113 Å². The normalized spacial score (nSPS) is 14.0. The summed E-state index contributed by atoms with van der Waals surface area (Å²) in [5.41, 5.74) is 1.85. The van der Waals surface area contributed by atoms with Crippen molar-refractivity contribution < 1.29 is 28.8 Å². The number of nitrogens with zero attached hydrogens (tertiary/aromatic N) is 6. The van der Waals surface area contributed by atoms with Crippen LogP contribution in [0.5, 0.6) is 0 Å². The minimum Gasteiger partial charge on any atom is -0.325 e. The third kappa shape index (κ3) is 17.8. The van der Waals surface area contributed by atoms with Gasteiger partial charge >= 0.3 is 0 Å². The molecule has 2 aliphatic heterocycles. The molecule has 2 aromatic carbocycles. The maximum atomic E-state index is 13.1. The lowest BCUT2D eigenvalue weighted by atomic mass is 10.1. The first-order valence-electron chi connectivity index (χ1n) is 23.4. The van der Waals surface area contributed by atoms with E-state index in [4.69, 9.17) is 11.6 Å². The van der Waals surface area contributed by atoms with Crippen LogP contribution in [0.25, 0.3) is 0 Å². The molecule has 2 aliphatic rings. The molecule has 0 atom stereocenters. The molecule has 0 spiro atoms. The summed E-state index contributed by atoms with van der Waals surface area (Å²) in [7, 11) is 0. The maximum absolute atomic E-state index is 13.1. The van der Waals surface area contributed by atoms with E-state index >= 15 is 0 Å². The van der Waals surface area contributed by atoms with Gasteiger partial charge in [-0.2, -0.15) is 0 Å². The topological polar surface area (TPSA) is 198 Å². The smallest absolute Gasteiger partial charge is 0.267 e. The van der Waals surface area contributed by atoms with E-state index in [1.54, 1.807) is 32.0 Å². The zero-order valence-corrected chi connectivity index (χ0v) is 41.8. The average molecular weight is 962 g/mol. The molecule has 3 heterocycles. The van der Waals surface area contributed by atoms with Gasteiger partial charge in [0.1, 0.15) is 23.1 Å². The van der Waals surface area contributed by atoms with Crippen LogP contribution < -0.4 is 21.3 Å². The summed E-state index contributed by atoms with van der Waals surface area (Å²) in [4.78, 5) is 94.8. The van der Waals surface area contributed by atoms with Gasteiger partial charge in [-0.3, -0.25) is 43.9 Å². The predicted molar refractivity (Wildman–Crippen MR) is 272 cm³/mol. The van der Waals surface area contributed by atoms with E-state index in [1.165, 1.54) is 23.6 Å². The Morgan fingerprint density at radius 1 is 0.821 bits per heavy atom. The maximum Gasteiger partial charge on any atom is 0.267 e. The monoisotopic (exact) mass is 960 g/mol. The minimum absolute atomic E-state index is 0.0567. The zero-order valence-electron chi connectivity index (χ0n) is 40.3. The van der Waals surface area contributed by atoms with Crippen molar-refractivity contribution in [2.24, 2.45) is 9.98 Å². The molecular formula is C49H69ClN10O6S. The molecule has 67 heavy (non-hydrogen) atoms. The lowest BCUT2D eigenvalue weighted by Gasteiger charge is -2.34.